The van der Waals surface area contributed by atoms with Gasteiger partial charge in [-0.05, 0) is 78.2 Å². The van der Waals surface area contributed by atoms with Crippen molar-refractivity contribution in [3.05, 3.63) is 93.6 Å². The van der Waals surface area contributed by atoms with Crippen LogP contribution in [0.4, 0.5) is 14.9 Å². The van der Waals surface area contributed by atoms with Crippen molar-refractivity contribution in [1.29, 1.82) is 0 Å². The molecule has 0 aliphatic carbocycles. The van der Waals surface area contributed by atoms with Crippen molar-refractivity contribution < 1.29 is 28.2 Å². The summed E-state index contributed by atoms with van der Waals surface area (Å²) in [5.41, 5.74) is 2.10. The van der Waals surface area contributed by atoms with Crippen molar-refractivity contribution in [3.8, 4) is 11.5 Å². The van der Waals surface area contributed by atoms with E-state index in [1.807, 2.05) is 30.3 Å². The van der Waals surface area contributed by atoms with Gasteiger partial charge in [-0.15, -0.1) is 0 Å². The molecule has 10 heteroatoms. The van der Waals surface area contributed by atoms with Gasteiger partial charge in [0.05, 0.1) is 17.0 Å². The highest BCUT2D eigenvalue weighted by Gasteiger charge is 2.34. The van der Waals surface area contributed by atoms with Crippen LogP contribution in [-0.4, -0.2) is 42.2 Å². The number of ether oxygens (including phenoxy) is 2. The summed E-state index contributed by atoms with van der Waals surface area (Å²) in [5, 5.41) is 2.43. The number of aryl methyl sites for hydroxylation is 1. The average Bonchev–Trinajstić information content (AvgIpc) is 3.17. The zero-order chi connectivity index (χ0) is 27.1. The summed E-state index contributed by atoms with van der Waals surface area (Å²) >= 11 is 7.27. The number of nitrogens with zero attached hydrogens (tertiary/aromatic N) is 1. The van der Waals surface area contributed by atoms with Crippen LogP contribution in [0.15, 0.2) is 71.6 Å². The Hall–Kier alpha value is -3.82. The Morgan fingerprint density at radius 1 is 1.11 bits per heavy atom. The minimum Gasteiger partial charge on any atom is -0.493 e. The number of nitrogens with one attached hydrogen (secondary N) is 1. The van der Waals surface area contributed by atoms with Gasteiger partial charge in [0, 0.05) is 12.2 Å². The summed E-state index contributed by atoms with van der Waals surface area (Å²) in [6.07, 6.45) is 3.00. The maximum absolute atomic E-state index is 13.0. The van der Waals surface area contributed by atoms with Gasteiger partial charge in [0.25, 0.3) is 17.1 Å². The highest BCUT2D eigenvalue weighted by Crippen LogP contribution is 2.39. The molecule has 0 bridgehead atoms. The predicted molar refractivity (Wildman–Crippen MR) is 146 cm³/mol. The first-order valence-electron chi connectivity index (χ1n) is 11.7. The van der Waals surface area contributed by atoms with Gasteiger partial charge in [-0.1, -0.05) is 41.9 Å². The lowest BCUT2D eigenvalue weighted by molar-refractivity contribution is -0.122. The molecule has 3 aromatic carbocycles. The SMILES string of the molecule is COc1cc(/C=C2/SC(=O)N(CCCc3ccccc3)C2=O)cc(Cl)c1OCC(=O)Nc1ccc(F)cc1. The Balaban J connectivity index is 1.39. The number of methoxy groups -OCH3 is 1. The second-order valence-corrected chi connectivity index (χ2v) is 9.70. The lowest BCUT2D eigenvalue weighted by atomic mass is 10.1. The van der Waals surface area contributed by atoms with Gasteiger partial charge in [0.1, 0.15) is 5.82 Å². The molecule has 4 rings (SSSR count). The smallest absolute Gasteiger partial charge is 0.293 e. The molecule has 1 N–H and O–H groups in total. The Kier molecular flexibility index (Phi) is 9.04. The molecule has 7 nitrogen and oxygen atoms in total. The number of amides is 3. The number of halogens is 2. The summed E-state index contributed by atoms with van der Waals surface area (Å²) in [6.45, 7) is -0.0393. The van der Waals surface area contributed by atoms with E-state index >= 15 is 0 Å². The van der Waals surface area contributed by atoms with Gasteiger partial charge in [-0.25, -0.2) is 4.39 Å². The minimum atomic E-state index is -0.472. The lowest BCUT2D eigenvalue weighted by Gasteiger charge is -2.14. The molecule has 1 heterocycles. The van der Waals surface area contributed by atoms with E-state index in [2.05, 4.69) is 5.32 Å². The quantitative estimate of drug-likeness (QED) is 0.301. The molecule has 196 valence electrons. The van der Waals surface area contributed by atoms with Crippen molar-refractivity contribution in [2.24, 2.45) is 0 Å². The van der Waals surface area contributed by atoms with Crippen molar-refractivity contribution >= 4 is 52.2 Å². The molecule has 1 aliphatic heterocycles. The monoisotopic (exact) mass is 554 g/mol. The van der Waals surface area contributed by atoms with Gasteiger partial charge in [0.15, 0.2) is 18.1 Å². The van der Waals surface area contributed by atoms with E-state index in [4.69, 9.17) is 21.1 Å². The molecule has 0 radical (unpaired) electrons. The molecule has 1 aliphatic rings. The Bertz CT molecular complexity index is 1370. The van der Waals surface area contributed by atoms with E-state index in [9.17, 15) is 18.8 Å². The molecule has 1 saturated heterocycles. The van der Waals surface area contributed by atoms with Gasteiger partial charge in [-0.2, -0.15) is 0 Å². The molecule has 1 fully saturated rings. The normalized spacial score (nSPS) is 14.2. The molecule has 0 unspecified atom stereocenters. The Morgan fingerprint density at radius 2 is 1.84 bits per heavy atom. The molecule has 0 saturated carbocycles. The van der Waals surface area contributed by atoms with Crippen LogP contribution in [0, 0.1) is 5.82 Å². The third kappa shape index (κ3) is 6.93. The van der Waals surface area contributed by atoms with E-state index in [-0.39, 0.29) is 39.2 Å². The first-order valence-corrected chi connectivity index (χ1v) is 12.9. The van der Waals surface area contributed by atoms with Crippen LogP contribution in [0.5, 0.6) is 11.5 Å². The lowest BCUT2D eigenvalue weighted by Crippen LogP contribution is -2.29. The molecule has 0 aromatic heterocycles. The van der Waals surface area contributed by atoms with Crippen LogP contribution in [0.1, 0.15) is 17.5 Å². The van der Waals surface area contributed by atoms with Gasteiger partial charge in [0.2, 0.25) is 0 Å². The second kappa shape index (κ2) is 12.6. The maximum atomic E-state index is 13.0. The Labute approximate surface area is 228 Å². The van der Waals surface area contributed by atoms with E-state index < -0.39 is 11.7 Å². The standard InChI is InChI=1S/C28H24ClFN2O5S/c1-36-23-15-19(14-22(29)26(23)37-17-25(33)31-21-11-9-20(30)10-12-21)16-24-27(34)32(28(35)38-24)13-5-8-18-6-3-2-4-7-18/h2-4,6-7,9-12,14-16H,5,8,13,17H2,1H3,(H,31,33)/b24-16+. The highest BCUT2D eigenvalue weighted by molar-refractivity contribution is 8.18. The van der Waals surface area contributed by atoms with E-state index in [0.717, 1.165) is 23.7 Å². The van der Waals surface area contributed by atoms with Crippen LogP contribution in [0.2, 0.25) is 5.02 Å². The fraction of sp³-hybridized carbons (Fsp3) is 0.179. The van der Waals surface area contributed by atoms with E-state index in [0.29, 0.717) is 24.2 Å². The number of rotatable bonds is 10. The number of carbonyl (C=O) groups excluding carboxylic acids is 3. The summed E-state index contributed by atoms with van der Waals surface area (Å²) < 4.78 is 24.0. The van der Waals surface area contributed by atoms with Gasteiger partial charge in [-0.3, -0.25) is 19.3 Å². The van der Waals surface area contributed by atoms with Gasteiger partial charge < -0.3 is 14.8 Å². The maximum Gasteiger partial charge on any atom is 0.293 e. The van der Waals surface area contributed by atoms with Crippen molar-refractivity contribution in [2.75, 3.05) is 25.6 Å². The first-order chi connectivity index (χ1) is 18.3. The van der Waals surface area contributed by atoms with Gasteiger partial charge >= 0.3 is 0 Å². The topological polar surface area (TPSA) is 84.9 Å². The molecular formula is C28H24ClFN2O5S. The minimum absolute atomic E-state index is 0.148. The number of hydrogen-bond donors (Lipinski definition) is 1. The summed E-state index contributed by atoms with van der Waals surface area (Å²) in [4.78, 5) is 39.1. The van der Waals surface area contributed by atoms with Crippen molar-refractivity contribution in [1.82, 2.24) is 4.90 Å². The largest absolute Gasteiger partial charge is 0.493 e. The van der Waals surface area contributed by atoms with E-state index in [1.165, 1.54) is 36.3 Å². The molecule has 0 atom stereocenters. The molecule has 3 amide bonds. The number of thioether (sulfide) groups is 1. The molecule has 0 spiro atoms. The molecular weight excluding hydrogens is 531 g/mol. The van der Waals surface area contributed by atoms with Crippen LogP contribution in [0.3, 0.4) is 0 Å². The second-order valence-electron chi connectivity index (χ2n) is 8.30. The van der Waals surface area contributed by atoms with Crippen LogP contribution < -0.4 is 14.8 Å². The summed E-state index contributed by atoms with van der Waals surface area (Å²) in [6, 6.07) is 18.4. The number of benzene rings is 3. The highest BCUT2D eigenvalue weighted by atomic mass is 35.5. The average molecular weight is 555 g/mol. The van der Waals surface area contributed by atoms with Crippen LogP contribution in [-0.2, 0) is 16.0 Å². The third-order valence-electron chi connectivity index (χ3n) is 5.59. The number of anilines is 1. The molecule has 38 heavy (non-hydrogen) atoms. The van der Waals surface area contributed by atoms with Crippen LogP contribution >= 0.6 is 23.4 Å². The number of carbonyl (C=O) groups is 3. The third-order valence-corrected chi connectivity index (χ3v) is 6.78. The number of hydrogen-bond acceptors (Lipinski definition) is 6. The zero-order valence-corrected chi connectivity index (χ0v) is 22.0. The number of imide groups is 1. The van der Waals surface area contributed by atoms with Crippen LogP contribution in [0.25, 0.3) is 6.08 Å². The molecule has 3 aromatic rings. The van der Waals surface area contributed by atoms with E-state index in [1.54, 1.807) is 18.2 Å². The fourth-order valence-corrected chi connectivity index (χ4v) is 4.90. The summed E-state index contributed by atoms with van der Waals surface area (Å²) in [7, 11) is 1.42. The van der Waals surface area contributed by atoms with Crippen molar-refractivity contribution in [2.45, 2.75) is 12.8 Å². The Morgan fingerprint density at radius 3 is 2.55 bits per heavy atom. The first kappa shape index (κ1) is 27.2. The fourth-order valence-electron chi connectivity index (χ4n) is 3.76. The predicted octanol–water partition coefficient (Wildman–Crippen LogP) is 6.17. The zero-order valence-electron chi connectivity index (χ0n) is 20.4. The summed E-state index contributed by atoms with van der Waals surface area (Å²) in [5.74, 6) is -0.848. The van der Waals surface area contributed by atoms with Crippen molar-refractivity contribution in [3.63, 3.8) is 0 Å².